The number of nitrogens with zero attached hydrogens (tertiary/aromatic N) is 1. The number of unbranched alkanes of at least 4 members (excludes halogenated alkanes) is 1. The van der Waals surface area contributed by atoms with Gasteiger partial charge in [0.2, 0.25) is 0 Å². The van der Waals surface area contributed by atoms with E-state index in [-0.39, 0.29) is 11.1 Å². The Bertz CT molecular complexity index is 307. The Morgan fingerprint density at radius 1 is 1.22 bits per heavy atom. The van der Waals surface area contributed by atoms with Gasteiger partial charge in [-0.1, -0.05) is 0 Å². The zero-order valence-electron chi connectivity index (χ0n) is 12.5. The first kappa shape index (κ1) is 15.5. The highest BCUT2D eigenvalue weighted by Crippen LogP contribution is 2.36. The number of hydroxylamine groups is 2. The third-order valence-corrected chi connectivity index (χ3v) is 3.73. The molecule has 0 bridgehead atoms. The van der Waals surface area contributed by atoms with Crippen LogP contribution in [0.25, 0.3) is 0 Å². The van der Waals surface area contributed by atoms with Gasteiger partial charge in [0.25, 0.3) is 0 Å². The lowest BCUT2D eigenvalue weighted by Gasteiger charge is -2.51. The molecule has 1 saturated heterocycles. The Morgan fingerprint density at radius 3 is 2.28 bits per heavy atom. The number of piperidine rings is 1. The molecule has 1 heterocycles. The van der Waals surface area contributed by atoms with Crippen LogP contribution in [0.2, 0.25) is 0 Å². The maximum atomic E-state index is 10.2. The zero-order chi connectivity index (χ0) is 13.8. The van der Waals surface area contributed by atoms with Crippen molar-refractivity contribution >= 4 is 0 Å². The van der Waals surface area contributed by atoms with E-state index in [1.165, 1.54) is 5.06 Å². The van der Waals surface area contributed by atoms with Gasteiger partial charge in [0.05, 0.1) is 0 Å². The second-order valence-corrected chi connectivity index (χ2v) is 6.53. The highest BCUT2D eigenvalue weighted by Gasteiger charge is 2.44. The van der Waals surface area contributed by atoms with Gasteiger partial charge in [-0.3, -0.25) is 0 Å². The van der Waals surface area contributed by atoms with Crippen LogP contribution in [0, 0.1) is 11.8 Å². The highest BCUT2D eigenvalue weighted by molar-refractivity contribution is 4.99. The van der Waals surface area contributed by atoms with E-state index in [9.17, 15) is 5.21 Å². The molecule has 0 spiro atoms. The van der Waals surface area contributed by atoms with E-state index in [4.69, 9.17) is 0 Å². The summed E-state index contributed by atoms with van der Waals surface area (Å²) in [6, 6.07) is 0.480. The molecule has 0 aromatic carbocycles. The van der Waals surface area contributed by atoms with Gasteiger partial charge in [0.15, 0.2) is 0 Å². The van der Waals surface area contributed by atoms with Crippen molar-refractivity contribution in [2.45, 2.75) is 77.4 Å². The molecule has 0 aliphatic carbocycles. The Labute approximate surface area is 112 Å². The average Bonchev–Trinajstić information content (AvgIpc) is 2.25. The molecule has 0 saturated carbocycles. The molecule has 3 nitrogen and oxygen atoms in total. The maximum Gasteiger partial charge on any atom is 0.0425 e. The van der Waals surface area contributed by atoms with Crippen LogP contribution in [0.5, 0.6) is 0 Å². The molecular weight excluding hydrogens is 224 g/mol. The molecule has 2 N–H and O–H groups in total. The van der Waals surface area contributed by atoms with E-state index in [1.54, 1.807) is 0 Å². The van der Waals surface area contributed by atoms with Crippen molar-refractivity contribution in [1.82, 2.24) is 10.4 Å². The summed E-state index contributed by atoms with van der Waals surface area (Å²) in [5.41, 5.74) is -0.328. The van der Waals surface area contributed by atoms with Crippen LogP contribution < -0.4 is 5.32 Å². The summed E-state index contributed by atoms with van der Waals surface area (Å²) in [4.78, 5) is 0. The maximum absolute atomic E-state index is 10.2. The lowest BCUT2D eigenvalue weighted by molar-refractivity contribution is -0.246. The quantitative estimate of drug-likeness (QED) is 0.596. The van der Waals surface area contributed by atoms with Gasteiger partial charge in [-0.15, -0.1) is 11.8 Å². The van der Waals surface area contributed by atoms with Gasteiger partial charge < -0.3 is 10.5 Å². The molecule has 1 rings (SSSR count). The number of nitrogens with one attached hydrogen (secondary N) is 1. The molecule has 1 aliphatic rings. The predicted molar refractivity (Wildman–Crippen MR) is 75.5 cm³/mol. The van der Waals surface area contributed by atoms with Crippen LogP contribution in [0.15, 0.2) is 0 Å². The van der Waals surface area contributed by atoms with Gasteiger partial charge in [0.1, 0.15) is 0 Å². The largest absolute Gasteiger partial charge is 0.314 e. The first-order valence-electron chi connectivity index (χ1n) is 6.92. The van der Waals surface area contributed by atoms with E-state index in [1.807, 2.05) is 6.92 Å². The molecule has 0 amide bonds. The van der Waals surface area contributed by atoms with Crippen LogP contribution >= 0.6 is 0 Å². The van der Waals surface area contributed by atoms with E-state index >= 15 is 0 Å². The lowest BCUT2D eigenvalue weighted by Crippen LogP contribution is -2.62. The summed E-state index contributed by atoms with van der Waals surface area (Å²) in [6.45, 7) is 11.3. The normalized spacial score (nSPS) is 23.4. The van der Waals surface area contributed by atoms with Crippen LogP contribution in [0.1, 0.15) is 60.3 Å². The topological polar surface area (TPSA) is 35.5 Å². The standard InChI is InChI=1S/C15H28N2O/c1-6-7-8-9-10-16-13-11-14(2,3)17(18)15(4,5)12-13/h13,16,18H,8-12H2,1-5H3. The van der Waals surface area contributed by atoms with Crippen molar-refractivity contribution in [2.24, 2.45) is 0 Å². The summed E-state index contributed by atoms with van der Waals surface area (Å²) in [7, 11) is 0. The third-order valence-electron chi connectivity index (χ3n) is 3.73. The van der Waals surface area contributed by atoms with Crippen molar-refractivity contribution in [3.05, 3.63) is 0 Å². The minimum absolute atomic E-state index is 0.164. The molecule has 3 heteroatoms. The summed E-state index contributed by atoms with van der Waals surface area (Å²) in [5, 5.41) is 15.3. The van der Waals surface area contributed by atoms with Gasteiger partial charge in [-0.2, -0.15) is 5.06 Å². The lowest BCUT2D eigenvalue weighted by atomic mass is 9.79. The highest BCUT2D eigenvalue weighted by atomic mass is 16.5. The van der Waals surface area contributed by atoms with E-state index in [0.29, 0.717) is 6.04 Å². The Kier molecular flexibility index (Phi) is 5.21. The number of hydrogen-bond acceptors (Lipinski definition) is 3. The molecule has 18 heavy (non-hydrogen) atoms. The van der Waals surface area contributed by atoms with Crippen LogP contribution in [-0.2, 0) is 0 Å². The van der Waals surface area contributed by atoms with Gasteiger partial charge in [-0.25, -0.2) is 0 Å². The fourth-order valence-corrected chi connectivity index (χ4v) is 3.02. The molecule has 104 valence electrons. The van der Waals surface area contributed by atoms with Gasteiger partial charge in [0, 0.05) is 23.5 Å². The fourth-order valence-electron chi connectivity index (χ4n) is 3.02. The van der Waals surface area contributed by atoms with Crippen LogP contribution in [0.4, 0.5) is 0 Å². The van der Waals surface area contributed by atoms with Crippen molar-refractivity contribution in [3.63, 3.8) is 0 Å². The SMILES string of the molecule is CC#CCCCNC1CC(C)(C)N(O)C(C)(C)C1. The summed E-state index contributed by atoms with van der Waals surface area (Å²) in [6.07, 6.45) is 4.02. The minimum Gasteiger partial charge on any atom is -0.314 e. The molecule has 0 atom stereocenters. The Morgan fingerprint density at radius 2 is 1.78 bits per heavy atom. The summed E-state index contributed by atoms with van der Waals surface area (Å²) in [5.74, 6) is 6.01. The monoisotopic (exact) mass is 252 g/mol. The van der Waals surface area contributed by atoms with Gasteiger partial charge >= 0.3 is 0 Å². The van der Waals surface area contributed by atoms with Crippen molar-refractivity contribution in [3.8, 4) is 11.8 Å². The summed E-state index contributed by atoms with van der Waals surface area (Å²) >= 11 is 0. The van der Waals surface area contributed by atoms with Crippen molar-refractivity contribution in [1.29, 1.82) is 0 Å². The zero-order valence-corrected chi connectivity index (χ0v) is 12.5. The van der Waals surface area contributed by atoms with Crippen molar-refractivity contribution < 1.29 is 5.21 Å². The van der Waals surface area contributed by atoms with Crippen LogP contribution in [0.3, 0.4) is 0 Å². The molecule has 1 fully saturated rings. The smallest absolute Gasteiger partial charge is 0.0425 e. The molecular formula is C15H28N2O. The van der Waals surface area contributed by atoms with Gasteiger partial charge in [-0.05, 0) is 60.4 Å². The summed E-state index contributed by atoms with van der Waals surface area (Å²) < 4.78 is 0. The first-order chi connectivity index (χ1) is 8.29. The van der Waals surface area contributed by atoms with Crippen molar-refractivity contribution in [2.75, 3.05) is 6.54 Å². The third kappa shape index (κ3) is 3.98. The minimum atomic E-state index is -0.164. The first-order valence-corrected chi connectivity index (χ1v) is 6.92. The average molecular weight is 252 g/mol. The van der Waals surface area contributed by atoms with E-state index in [0.717, 1.165) is 32.2 Å². The molecule has 0 radical (unpaired) electrons. The Balaban J connectivity index is 2.45. The fraction of sp³-hybridized carbons (Fsp3) is 0.867. The molecule has 1 aliphatic heterocycles. The Hall–Kier alpha value is -0.560. The molecule has 0 aromatic rings. The number of hydrogen-bond donors (Lipinski definition) is 2. The second-order valence-electron chi connectivity index (χ2n) is 6.53. The van der Waals surface area contributed by atoms with E-state index < -0.39 is 0 Å². The predicted octanol–water partition coefficient (Wildman–Crippen LogP) is 2.79. The molecule has 0 aromatic heterocycles. The van der Waals surface area contributed by atoms with Crippen LogP contribution in [-0.4, -0.2) is 33.9 Å². The number of rotatable bonds is 4. The molecule has 0 unspecified atom stereocenters. The second kappa shape index (κ2) is 6.06. The van der Waals surface area contributed by atoms with E-state index in [2.05, 4.69) is 44.9 Å².